The number of aryl methyl sites for hydroxylation is 1. The van der Waals surface area contributed by atoms with Gasteiger partial charge in [0, 0.05) is 28.0 Å². The van der Waals surface area contributed by atoms with Crippen LogP contribution in [0.4, 0.5) is 5.69 Å². The maximum absolute atomic E-state index is 12.9. The first-order valence-corrected chi connectivity index (χ1v) is 10.3. The lowest BCUT2D eigenvalue weighted by molar-refractivity contribution is 0.0998. The number of hydrogen-bond donors (Lipinski definition) is 1. The summed E-state index contributed by atoms with van der Waals surface area (Å²) < 4.78 is 6.74. The van der Waals surface area contributed by atoms with E-state index >= 15 is 0 Å². The lowest BCUT2D eigenvalue weighted by Gasteiger charge is -2.05. The number of rotatable bonds is 5. The van der Waals surface area contributed by atoms with Crippen LogP contribution in [0.1, 0.15) is 26.7 Å². The average molecular weight is 406 g/mol. The molecule has 0 spiro atoms. The van der Waals surface area contributed by atoms with Gasteiger partial charge >= 0.3 is 0 Å². The number of carbonyl (C=O) groups is 1. The first-order valence-electron chi connectivity index (χ1n) is 8.45. The predicted molar refractivity (Wildman–Crippen MR) is 113 cm³/mol. The Morgan fingerprint density at radius 1 is 1.25 bits per heavy atom. The molecule has 0 aliphatic heterocycles. The number of terminal acetylenes is 1. The van der Waals surface area contributed by atoms with Crippen LogP contribution in [-0.2, 0) is 5.75 Å². The third-order valence-electron chi connectivity index (χ3n) is 4.04. The molecule has 0 aliphatic rings. The number of hydrogen-bond acceptors (Lipinski definition) is 6. The van der Waals surface area contributed by atoms with Crippen LogP contribution in [0.3, 0.4) is 0 Å². The van der Waals surface area contributed by atoms with Crippen LogP contribution in [0.15, 0.2) is 57.3 Å². The first kappa shape index (κ1) is 18.3. The van der Waals surface area contributed by atoms with E-state index in [0.29, 0.717) is 28.3 Å². The van der Waals surface area contributed by atoms with E-state index in [1.807, 2.05) is 37.3 Å². The van der Waals surface area contributed by atoms with E-state index in [-0.39, 0.29) is 5.91 Å². The van der Waals surface area contributed by atoms with Crippen molar-refractivity contribution in [2.45, 2.75) is 17.0 Å². The second-order valence-corrected chi connectivity index (χ2v) is 8.36. The van der Waals surface area contributed by atoms with Gasteiger partial charge in [0.2, 0.25) is 0 Å². The number of amides is 1. The Balaban J connectivity index is 1.65. The summed E-state index contributed by atoms with van der Waals surface area (Å²) >= 11 is 3.06. The van der Waals surface area contributed by atoms with Crippen LogP contribution in [-0.4, -0.2) is 16.1 Å². The van der Waals surface area contributed by atoms with Crippen molar-refractivity contribution in [2.75, 3.05) is 5.32 Å². The highest BCUT2D eigenvalue weighted by atomic mass is 32.2. The van der Waals surface area contributed by atoms with Gasteiger partial charge in [-0.15, -0.1) is 16.6 Å². The van der Waals surface area contributed by atoms with Crippen molar-refractivity contribution in [1.29, 1.82) is 0 Å². The monoisotopic (exact) mass is 405 g/mol. The lowest BCUT2D eigenvalue weighted by Crippen LogP contribution is -2.12. The van der Waals surface area contributed by atoms with Crippen LogP contribution in [0.25, 0.3) is 11.0 Å². The Bertz CT molecular complexity index is 1200. The van der Waals surface area contributed by atoms with Crippen molar-refractivity contribution in [3.05, 3.63) is 70.4 Å². The summed E-state index contributed by atoms with van der Waals surface area (Å²) in [5.74, 6) is 3.10. The third-order valence-corrected chi connectivity index (χ3v) is 6.04. The van der Waals surface area contributed by atoms with Gasteiger partial charge < -0.3 is 9.73 Å². The SMILES string of the molecule is C#Cc1cccc(NC(=O)c2oc3ccccc3c2CSc2nnc(C)s2)c1. The molecule has 2 aromatic carbocycles. The van der Waals surface area contributed by atoms with Gasteiger partial charge in [0.1, 0.15) is 10.6 Å². The largest absolute Gasteiger partial charge is 0.451 e. The zero-order chi connectivity index (χ0) is 19.5. The summed E-state index contributed by atoms with van der Waals surface area (Å²) in [6, 6.07) is 14.8. The molecule has 0 atom stereocenters. The average Bonchev–Trinajstić information content (AvgIpc) is 3.29. The van der Waals surface area contributed by atoms with Crippen LogP contribution in [0, 0.1) is 19.3 Å². The van der Waals surface area contributed by atoms with Gasteiger partial charge in [0.15, 0.2) is 10.1 Å². The number of thioether (sulfide) groups is 1. The van der Waals surface area contributed by atoms with E-state index in [2.05, 4.69) is 21.4 Å². The number of carbonyl (C=O) groups excluding carboxylic acids is 1. The number of aromatic nitrogens is 2. The summed E-state index contributed by atoms with van der Waals surface area (Å²) in [5, 5.41) is 12.9. The molecule has 0 fully saturated rings. The molecule has 1 amide bonds. The van der Waals surface area contributed by atoms with E-state index in [4.69, 9.17) is 10.8 Å². The number of para-hydroxylation sites is 1. The smallest absolute Gasteiger partial charge is 0.291 e. The van der Waals surface area contributed by atoms with Crippen LogP contribution < -0.4 is 5.32 Å². The molecule has 0 bridgehead atoms. The van der Waals surface area contributed by atoms with Crippen molar-refractivity contribution in [3.63, 3.8) is 0 Å². The number of anilines is 1. The summed E-state index contributed by atoms with van der Waals surface area (Å²) in [7, 11) is 0. The molecule has 28 heavy (non-hydrogen) atoms. The Kier molecular flexibility index (Phi) is 5.15. The first-order chi connectivity index (χ1) is 13.6. The lowest BCUT2D eigenvalue weighted by atomic mass is 10.1. The van der Waals surface area contributed by atoms with Crippen molar-refractivity contribution >= 4 is 45.7 Å². The summed E-state index contributed by atoms with van der Waals surface area (Å²) in [5.41, 5.74) is 2.83. The molecule has 2 heterocycles. The zero-order valence-corrected chi connectivity index (χ0v) is 16.6. The Labute approximate surface area is 170 Å². The maximum atomic E-state index is 12.9. The number of furan rings is 1. The number of nitrogens with one attached hydrogen (secondary N) is 1. The van der Waals surface area contributed by atoms with Crippen molar-refractivity contribution < 1.29 is 9.21 Å². The fourth-order valence-electron chi connectivity index (χ4n) is 2.77. The van der Waals surface area contributed by atoms with Gasteiger partial charge in [-0.25, -0.2) is 0 Å². The van der Waals surface area contributed by atoms with E-state index in [0.717, 1.165) is 20.3 Å². The summed E-state index contributed by atoms with van der Waals surface area (Å²) in [6.45, 7) is 1.91. The van der Waals surface area contributed by atoms with Gasteiger partial charge in [0.25, 0.3) is 5.91 Å². The minimum absolute atomic E-state index is 0.293. The second kappa shape index (κ2) is 7.89. The second-order valence-electron chi connectivity index (χ2n) is 5.96. The molecule has 4 rings (SSSR count). The van der Waals surface area contributed by atoms with E-state index in [1.165, 1.54) is 23.1 Å². The molecule has 7 heteroatoms. The highest BCUT2D eigenvalue weighted by molar-refractivity contribution is 8.00. The predicted octanol–water partition coefficient (Wildman–Crippen LogP) is 5.12. The molecule has 0 saturated heterocycles. The third kappa shape index (κ3) is 3.79. The minimum atomic E-state index is -0.311. The minimum Gasteiger partial charge on any atom is -0.451 e. The highest BCUT2D eigenvalue weighted by Crippen LogP contribution is 2.33. The van der Waals surface area contributed by atoms with Crippen LogP contribution in [0.2, 0.25) is 0 Å². The normalized spacial score (nSPS) is 10.7. The fourth-order valence-corrected chi connectivity index (χ4v) is 4.61. The molecule has 5 nitrogen and oxygen atoms in total. The molecular weight excluding hydrogens is 390 g/mol. The van der Waals surface area contributed by atoms with Gasteiger partial charge in [0.05, 0.1) is 0 Å². The zero-order valence-electron chi connectivity index (χ0n) is 14.9. The Morgan fingerprint density at radius 3 is 2.89 bits per heavy atom. The molecule has 0 aliphatic carbocycles. The molecular formula is C21H15N3O2S2. The topological polar surface area (TPSA) is 68.0 Å². The van der Waals surface area contributed by atoms with Crippen LogP contribution in [0.5, 0.6) is 0 Å². The van der Waals surface area contributed by atoms with Crippen molar-refractivity contribution in [3.8, 4) is 12.3 Å². The summed E-state index contributed by atoms with van der Waals surface area (Å²) in [4.78, 5) is 12.9. The number of nitrogens with zero attached hydrogens (tertiary/aromatic N) is 2. The number of fused-ring (bicyclic) bond motifs is 1. The quantitative estimate of drug-likeness (QED) is 0.369. The number of benzene rings is 2. The van der Waals surface area contributed by atoms with E-state index < -0.39 is 0 Å². The molecule has 0 saturated carbocycles. The Morgan fingerprint density at radius 2 is 2.11 bits per heavy atom. The van der Waals surface area contributed by atoms with E-state index in [1.54, 1.807) is 18.2 Å². The van der Waals surface area contributed by atoms with Gasteiger partial charge in [-0.3, -0.25) is 4.79 Å². The van der Waals surface area contributed by atoms with Gasteiger partial charge in [-0.1, -0.05) is 53.3 Å². The maximum Gasteiger partial charge on any atom is 0.291 e. The standard InChI is InChI=1S/C21H15N3O2S2/c1-3-14-7-6-8-15(11-14)22-20(25)19-17(12-27-21-24-23-13(2)28-21)16-9-4-5-10-18(16)26-19/h1,4-11H,12H2,2H3,(H,22,25). The highest BCUT2D eigenvalue weighted by Gasteiger charge is 2.21. The van der Waals surface area contributed by atoms with E-state index in [9.17, 15) is 4.79 Å². The molecule has 4 aromatic rings. The Hall–Kier alpha value is -3.08. The fraction of sp³-hybridized carbons (Fsp3) is 0.0952. The molecule has 0 radical (unpaired) electrons. The van der Waals surface area contributed by atoms with Crippen molar-refractivity contribution in [1.82, 2.24) is 10.2 Å². The summed E-state index contributed by atoms with van der Waals surface area (Å²) in [6.07, 6.45) is 5.44. The molecule has 0 unspecified atom stereocenters. The molecule has 138 valence electrons. The van der Waals surface area contributed by atoms with Crippen LogP contribution >= 0.6 is 23.1 Å². The van der Waals surface area contributed by atoms with Gasteiger partial charge in [-0.2, -0.15) is 0 Å². The van der Waals surface area contributed by atoms with Crippen molar-refractivity contribution in [2.24, 2.45) is 0 Å². The molecule has 1 N–H and O–H groups in total. The van der Waals surface area contributed by atoms with Gasteiger partial charge in [-0.05, 0) is 31.2 Å². The molecule has 2 aromatic heterocycles.